The van der Waals surface area contributed by atoms with Gasteiger partial charge in [0.05, 0.1) is 24.5 Å². The molecule has 1 heterocycles. The molecule has 1 aliphatic heterocycles. The first-order valence-electron chi connectivity index (χ1n) is 5.74. The number of aliphatic carboxylic acids is 1. The van der Waals surface area contributed by atoms with Crippen LogP contribution >= 0.6 is 11.6 Å². The Morgan fingerprint density at radius 2 is 2.16 bits per heavy atom. The highest BCUT2D eigenvalue weighted by Gasteiger charge is 2.22. The van der Waals surface area contributed by atoms with Gasteiger partial charge >= 0.3 is 5.97 Å². The molecule has 0 bridgehead atoms. The van der Waals surface area contributed by atoms with Crippen LogP contribution in [0.2, 0.25) is 5.02 Å². The molecular formula is C12H13ClO5S. The molecule has 1 aromatic carbocycles. The number of carbonyl (C=O) groups is 1. The summed E-state index contributed by atoms with van der Waals surface area (Å²) in [7, 11) is -3.49. The molecule has 0 unspecified atom stereocenters. The summed E-state index contributed by atoms with van der Waals surface area (Å²) in [5.41, 5.74) is 1.40. The Kier molecular flexibility index (Phi) is 4.01. The van der Waals surface area contributed by atoms with Gasteiger partial charge in [0.25, 0.3) is 0 Å². The Labute approximate surface area is 116 Å². The highest BCUT2D eigenvalue weighted by molar-refractivity contribution is 7.90. The monoisotopic (exact) mass is 304 g/mol. The van der Waals surface area contributed by atoms with Crippen LogP contribution in [0.25, 0.3) is 0 Å². The van der Waals surface area contributed by atoms with Gasteiger partial charge in [-0.2, -0.15) is 0 Å². The first kappa shape index (κ1) is 14.1. The van der Waals surface area contributed by atoms with Crippen LogP contribution in [-0.4, -0.2) is 31.9 Å². The van der Waals surface area contributed by atoms with Crippen molar-refractivity contribution in [1.82, 2.24) is 0 Å². The van der Waals surface area contributed by atoms with Gasteiger partial charge in [0.1, 0.15) is 5.75 Å². The number of sulfone groups is 1. The summed E-state index contributed by atoms with van der Waals surface area (Å²) in [6.45, 7) is 0.512. The fraction of sp³-hybridized carbons (Fsp3) is 0.417. The third kappa shape index (κ3) is 3.61. The molecule has 7 heteroatoms. The van der Waals surface area contributed by atoms with E-state index in [1.165, 1.54) is 0 Å². The number of hydrogen-bond acceptors (Lipinski definition) is 4. The third-order valence-electron chi connectivity index (χ3n) is 2.83. The average Bonchev–Trinajstić information content (AvgIpc) is 2.74. The van der Waals surface area contributed by atoms with E-state index in [9.17, 15) is 13.2 Å². The quantitative estimate of drug-likeness (QED) is 0.895. The van der Waals surface area contributed by atoms with E-state index in [1.54, 1.807) is 12.1 Å². The molecule has 0 amide bonds. The lowest BCUT2D eigenvalue weighted by molar-refractivity contribution is -0.136. The van der Waals surface area contributed by atoms with Crippen LogP contribution in [0.15, 0.2) is 12.1 Å². The highest BCUT2D eigenvalue weighted by Crippen LogP contribution is 2.34. The van der Waals surface area contributed by atoms with Gasteiger partial charge in [0.15, 0.2) is 9.84 Å². The number of carboxylic acid groups (broad SMARTS) is 1. The zero-order valence-electron chi connectivity index (χ0n) is 10.1. The van der Waals surface area contributed by atoms with Crippen molar-refractivity contribution < 1.29 is 23.1 Å². The van der Waals surface area contributed by atoms with E-state index in [-0.39, 0.29) is 11.5 Å². The molecule has 1 aromatic rings. The molecular weight excluding hydrogens is 292 g/mol. The Balaban J connectivity index is 2.22. The van der Waals surface area contributed by atoms with Crippen LogP contribution in [0, 0.1) is 0 Å². The predicted molar refractivity (Wildman–Crippen MR) is 70.4 cm³/mol. The van der Waals surface area contributed by atoms with E-state index in [4.69, 9.17) is 21.4 Å². The van der Waals surface area contributed by atoms with Crippen LogP contribution < -0.4 is 4.74 Å². The van der Waals surface area contributed by atoms with Gasteiger partial charge in [-0.25, -0.2) is 8.42 Å². The molecule has 5 nitrogen and oxygen atoms in total. The largest absolute Gasteiger partial charge is 0.493 e. The van der Waals surface area contributed by atoms with Crippen molar-refractivity contribution in [3.63, 3.8) is 0 Å². The first-order valence-corrected chi connectivity index (χ1v) is 7.93. The molecule has 1 aliphatic rings. The minimum atomic E-state index is -3.49. The maximum atomic E-state index is 11.9. The molecule has 0 saturated heterocycles. The normalized spacial score (nSPS) is 13.9. The van der Waals surface area contributed by atoms with E-state index in [1.807, 2.05) is 0 Å². The number of hydrogen-bond donors (Lipinski definition) is 1. The fourth-order valence-corrected chi connectivity index (χ4v) is 3.59. The van der Waals surface area contributed by atoms with E-state index < -0.39 is 22.2 Å². The second-order valence-electron chi connectivity index (χ2n) is 4.39. The van der Waals surface area contributed by atoms with Crippen LogP contribution in [0.3, 0.4) is 0 Å². The van der Waals surface area contributed by atoms with Gasteiger partial charge in [-0.15, -0.1) is 0 Å². The maximum absolute atomic E-state index is 11.9. The van der Waals surface area contributed by atoms with Gasteiger partial charge in [0, 0.05) is 17.0 Å². The van der Waals surface area contributed by atoms with E-state index in [0.717, 1.165) is 5.56 Å². The number of benzene rings is 1. The molecule has 0 radical (unpaired) electrons. The Hall–Kier alpha value is -1.27. The summed E-state index contributed by atoms with van der Waals surface area (Å²) in [5.74, 6) is -1.19. The standard InChI is InChI=1S/C12H13ClO5S/c13-10-5-8-1-3-18-12(8)9(6-10)7-19(16,17)4-2-11(14)15/h5-6H,1-4,7H2,(H,14,15). The average molecular weight is 305 g/mol. The predicted octanol–water partition coefficient (Wildman–Crippen LogP) is 1.66. The molecule has 1 N–H and O–H groups in total. The molecule has 104 valence electrons. The maximum Gasteiger partial charge on any atom is 0.304 e. The zero-order valence-corrected chi connectivity index (χ0v) is 11.6. The van der Waals surface area contributed by atoms with Gasteiger partial charge < -0.3 is 9.84 Å². The van der Waals surface area contributed by atoms with E-state index >= 15 is 0 Å². The van der Waals surface area contributed by atoms with Crippen molar-refractivity contribution in [3.8, 4) is 5.75 Å². The zero-order chi connectivity index (χ0) is 14.0. The van der Waals surface area contributed by atoms with E-state index in [0.29, 0.717) is 29.4 Å². The van der Waals surface area contributed by atoms with Crippen molar-refractivity contribution >= 4 is 27.4 Å². The number of ether oxygens (including phenoxy) is 1. The Morgan fingerprint density at radius 3 is 2.84 bits per heavy atom. The summed E-state index contributed by atoms with van der Waals surface area (Å²) in [6, 6.07) is 3.32. The summed E-state index contributed by atoms with van der Waals surface area (Å²) < 4.78 is 29.1. The number of halogens is 1. The second-order valence-corrected chi connectivity index (χ2v) is 7.01. The van der Waals surface area contributed by atoms with Gasteiger partial charge in [-0.1, -0.05) is 11.6 Å². The molecule has 0 aliphatic carbocycles. The van der Waals surface area contributed by atoms with Gasteiger partial charge in [-0.3, -0.25) is 4.79 Å². The topological polar surface area (TPSA) is 80.7 Å². The van der Waals surface area contributed by atoms with Gasteiger partial charge in [-0.05, 0) is 17.7 Å². The lowest BCUT2D eigenvalue weighted by atomic mass is 10.1. The molecule has 2 rings (SSSR count). The van der Waals surface area contributed by atoms with Crippen molar-refractivity contribution in [2.45, 2.75) is 18.6 Å². The third-order valence-corrected chi connectivity index (χ3v) is 4.62. The van der Waals surface area contributed by atoms with Crippen LogP contribution in [0.4, 0.5) is 0 Å². The van der Waals surface area contributed by atoms with Crippen LogP contribution in [0.5, 0.6) is 5.75 Å². The van der Waals surface area contributed by atoms with Gasteiger partial charge in [0.2, 0.25) is 0 Å². The minimum absolute atomic E-state index is 0.247. The lowest BCUT2D eigenvalue weighted by Crippen LogP contribution is -2.13. The molecule has 0 fully saturated rings. The van der Waals surface area contributed by atoms with Crippen molar-refractivity contribution in [1.29, 1.82) is 0 Å². The molecule has 0 saturated carbocycles. The van der Waals surface area contributed by atoms with Crippen molar-refractivity contribution in [2.24, 2.45) is 0 Å². The molecule has 0 atom stereocenters. The number of carboxylic acids is 1. The molecule has 0 spiro atoms. The Bertz CT molecular complexity index is 609. The summed E-state index contributed by atoms with van der Waals surface area (Å²) in [6.07, 6.45) is 0.310. The minimum Gasteiger partial charge on any atom is -0.493 e. The number of fused-ring (bicyclic) bond motifs is 1. The summed E-state index contributed by atoms with van der Waals surface area (Å²) in [5, 5.41) is 9.00. The first-order chi connectivity index (χ1) is 8.87. The number of rotatable bonds is 5. The summed E-state index contributed by atoms with van der Waals surface area (Å²) >= 11 is 5.94. The summed E-state index contributed by atoms with van der Waals surface area (Å²) in [4.78, 5) is 10.4. The van der Waals surface area contributed by atoms with Crippen molar-refractivity contribution in [3.05, 3.63) is 28.3 Å². The lowest BCUT2D eigenvalue weighted by Gasteiger charge is -2.09. The molecule has 0 aromatic heterocycles. The van der Waals surface area contributed by atoms with Crippen LogP contribution in [0.1, 0.15) is 17.5 Å². The SMILES string of the molecule is O=C(O)CCS(=O)(=O)Cc1cc(Cl)cc2c1OCC2. The second kappa shape index (κ2) is 5.38. The Morgan fingerprint density at radius 1 is 1.42 bits per heavy atom. The highest BCUT2D eigenvalue weighted by atomic mass is 35.5. The van der Waals surface area contributed by atoms with Crippen LogP contribution in [-0.2, 0) is 26.8 Å². The fourth-order valence-electron chi connectivity index (χ4n) is 2.01. The molecule has 19 heavy (non-hydrogen) atoms. The van der Waals surface area contributed by atoms with Crippen molar-refractivity contribution in [2.75, 3.05) is 12.4 Å². The smallest absolute Gasteiger partial charge is 0.304 e. The van der Waals surface area contributed by atoms with E-state index in [2.05, 4.69) is 0 Å².